The van der Waals surface area contributed by atoms with E-state index in [9.17, 15) is 8.78 Å². The molecule has 1 saturated carbocycles. The smallest absolute Gasteiger partial charge is 0.252 e. The summed E-state index contributed by atoms with van der Waals surface area (Å²) in [5, 5.41) is 3.02. The van der Waals surface area contributed by atoms with Crippen molar-refractivity contribution in [2.45, 2.75) is 24.8 Å². The Bertz CT molecular complexity index is 443. The fourth-order valence-electron chi connectivity index (χ4n) is 2.36. The van der Waals surface area contributed by atoms with Gasteiger partial charge in [-0.05, 0) is 0 Å². The van der Waals surface area contributed by atoms with Crippen molar-refractivity contribution in [3.05, 3.63) is 12.4 Å². The molecular weight excluding hydrogens is 254 g/mol. The van der Waals surface area contributed by atoms with Gasteiger partial charge < -0.3 is 15.0 Å². The molecule has 7 heteroatoms. The van der Waals surface area contributed by atoms with Crippen molar-refractivity contribution in [1.82, 2.24) is 9.97 Å². The average Bonchev–Trinajstić information content (AvgIpc) is 2.38. The predicted octanol–water partition coefficient (Wildman–Crippen LogP) is 1.52. The average molecular weight is 270 g/mol. The molecule has 1 aromatic heterocycles. The maximum Gasteiger partial charge on any atom is 0.252 e. The summed E-state index contributed by atoms with van der Waals surface area (Å²) in [7, 11) is 0. The fourth-order valence-corrected chi connectivity index (χ4v) is 2.36. The van der Waals surface area contributed by atoms with Gasteiger partial charge in [-0.1, -0.05) is 0 Å². The molecule has 1 N–H and O–H groups in total. The lowest BCUT2D eigenvalue weighted by atomic mass is 9.88. The molecular formula is C12H16F2N4O. The highest BCUT2D eigenvalue weighted by Gasteiger charge is 2.45. The second kappa shape index (κ2) is 4.88. The molecule has 3 rings (SSSR count). The first kappa shape index (κ1) is 12.5. The Morgan fingerprint density at radius 1 is 1.26 bits per heavy atom. The quantitative estimate of drug-likeness (QED) is 0.902. The number of aromatic nitrogens is 2. The van der Waals surface area contributed by atoms with E-state index >= 15 is 0 Å². The summed E-state index contributed by atoms with van der Waals surface area (Å²) in [6, 6.07) is 1.62. The first-order valence-corrected chi connectivity index (χ1v) is 6.41. The molecule has 1 aliphatic carbocycles. The Balaban J connectivity index is 1.63. The Hall–Kier alpha value is -1.50. The van der Waals surface area contributed by atoms with Gasteiger partial charge in [0.2, 0.25) is 0 Å². The van der Waals surface area contributed by atoms with Gasteiger partial charge in [0.15, 0.2) is 0 Å². The van der Waals surface area contributed by atoms with Crippen molar-refractivity contribution in [1.29, 1.82) is 0 Å². The molecule has 0 atom stereocenters. The number of morpholine rings is 1. The van der Waals surface area contributed by atoms with Gasteiger partial charge in [-0.3, -0.25) is 0 Å². The topological polar surface area (TPSA) is 50.3 Å². The van der Waals surface area contributed by atoms with E-state index in [1.165, 1.54) is 6.33 Å². The zero-order chi connectivity index (χ0) is 13.3. The summed E-state index contributed by atoms with van der Waals surface area (Å²) in [5.74, 6) is -1.10. The molecule has 1 aromatic rings. The molecule has 1 saturated heterocycles. The number of halogens is 2. The number of ether oxygens (including phenoxy) is 1. The van der Waals surface area contributed by atoms with Crippen LogP contribution in [-0.4, -0.2) is 48.2 Å². The largest absolute Gasteiger partial charge is 0.378 e. The van der Waals surface area contributed by atoms with Crippen LogP contribution in [0.2, 0.25) is 0 Å². The molecule has 0 bridgehead atoms. The fraction of sp³-hybridized carbons (Fsp3) is 0.667. The SMILES string of the molecule is FC1(F)CC(Nc2cc(N3CCOCC3)ncn2)C1. The lowest BCUT2D eigenvalue weighted by Crippen LogP contribution is -2.44. The van der Waals surface area contributed by atoms with Gasteiger partial charge >= 0.3 is 0 Å². The van der Waals surface area contributed by atoms with Crippen molar-refractivity contribution in [2.75, 3.05) is 36.5 Å². The highest BCUT2D eigenvalue weighted by atomic mass is 19.3. The third-order valence-electron chi connectivity index (χ3n) is 3.43. The lowest BCUT2D eigenvalue weighted by Gasteiger charge is -2.35. The van der Waals surface area contributed by atoms with E-state index in [-0.39, 0.29) is 18.9 Å². The normalized spacial score (nSPS) is 22.9. The summed E-state index contributed by atoms with van der Waals surface area (Å²) >= 11 is 0. The van der Waals surface area contributed by atoms with Crippen molar-refractivity contribution < 1.29 is 13.5 Å². The first-order valence-electron chi connectivity index (χ1n) is 6.41. The van der Waals surface area contributed by atoms with Crippen LogP contribution in [0.3, 0.4) is 0 Å². The molecule has 5 nitrogen and oxygen atoms in total. The molecule has 0 unspecified atom stereocenters. The van der Waals surface area contributed by atoms with Gasteiger partial charge in [0.25, 0.3) is 5.92 Å². The number of alkyl halides is 2. The summed E-state index contributed by atoms with van der Waals surface area (Å²) in [5.41, 5.74) is 0. The summed E-state index contributed by atoms with van der Waals surface area (Å²) in [6.07, 6.45) is 1.22. The third kappa shape index (κ3) is 2.91. The maximum absolute atomic E-state index is 12.8. The van der Waals surface area contributed by atoms with E-state index in [0.717, 1.165) is 18.9 Å². The first-order chi connectivity index (χ1) is 9.12. The van der Waals surface area contributed by atoms with E-state index in [4.69, 9.17) is 4.74 Å². The predicted molar refractivity (Wildman–Crippen MR) is 66.7 cm³/mol. The van der Waals surface area contributed by atoms with E-state index in [0.29, 0.717) is 19.0 Å². The van der Waals surface area contributed by atoms with Crippen molar-refractivity contribution >= 4 is 11.6 Å². The molecule has 0 radical (unpaired) electrons. The number of nitrogens with one attached hydrogen (secondary N) is 1. The zero-order valence-electron chi connectivity index (χ0n) is 10.5. The molecule has 104 valence electrons. The minimum atomic E-state index is -2.52. The Labute approximate surface area is 110 Å². The summed E-state index contributed by atoms with van der Waals surface area (Å²) < 4.78 is 30.8. The number of hydrogen-bond donors (Lipinski definition) is 1. The minimum absolute atomic E-state index is 0.121. The van der Waals surface area contributed by atoms with Gasteiger partial charge in [0, 0.05) is 38.0 Å². The van der Waals surface area contributed by atoms with E-state index in [2.05, 4.69) is 20.2 Å². The molecule has 0 spiro atoms. The molecule has 2 fully saturated rings. The number of anilines is 2. The standard InChI is InChI=1S/C12H16F2N4O/c13-12(14)6-9(7-12)17-10-5-11(16-8-15-10)18-1-3-19-4-2-18/h5,8-9H,1-4,6-7H2,(H,15,16,17). The van der Waals surface area contributed by atoms with E-state index in [1.807, 2.05) is 6.07 Å². The number of rotatable bonds is 3. The van der Waals surface area contributed by atoms with Gasteiger partial charge in [-0.2, -0.15) is 0 Å². The summed E-state index contributed by atoms with van der Waals surface area (Å²) in [6.45, 7) is 2.94. The van der Waals surface area contributed by atoms with Crippen LogP contribution in [0.5, 0.6) is 0 Å². The summed E-state index contributed by atoms with van der Waals surface area (Å²) in [4.78, 5) is 10.4. The van der Waals surface area contributed by atoms with Gasteiger partial charge in [-0.25, -0.2) is 18.7 Å². The van der Waals surface area contributed by atoms with E-state index < -0.39 is 5.92 Å². The monoisotopic (exact) mass is 270 g/mol. The van der Waals surface area contributed by atoms with Gasteiger partial charge in [0.05, 0.1) is 13.2 Å². The Morgan fingerprint density at radius 2 is 2.00 bits per heavy atom. The zero-order valence-corrected chi connectivity index (χ0v) is 10.5. The van der Waals surface area contributed by atoms with Crippen LogP contribution in [0.4, 0.5) is 20.4 Å². The lowest BCUT2D eigenvalue weighted by molar-refractivity contribution is -0.0794. The third-order valence-corrected chi connectivity index (χ3v) is 3.43. The molecule has 0 aromatic carbocycles. The number of nitrogens with zero attached hydrogens (tertiary/aromatic N) is 3. The maximum atomic E-state index is 12.8. The van der Waals surface area contributed by atoms with Crippen molar-refractivity contribution in [3.63, 3.8) is 0 Å². The van der Waals surface area contributed by atoms with Crippen LogP contribution < -0.4 is 10.2 Å². The van der Waals surface area contributed by atoms with Crippen LogP contribution in [0.25, 0.3) is 0 Å². The van der Waals surface area contributed by atoms with Crippen LogP contribution in [0, 0.1) is 0 Å². The molecule has 2 heterocycles. The van der Waals surface area contributed by atoms with Crippen LogP contribution in [0.1, 0.15) is 12.8 Å². The molecule has 0 amide bonds. The van der Waals surface area contributed by atoms with Crippen molar-refractivity contribution in [3.8, 4) is 0 Å². The van der Waals surface area contributed by atoms with Crippen molar-refractivity contribution in [2.24, 2.45) is 0 Å². The second-order valence-electron chi connectivity index (χ2n) is 4.97. The van der Waals surface area contributed by atoms with E-state index in [1.54, 1.807) is 0 Å². The Kier molecular flexibility index (Phi) is 3.22. The van der Waals surface area contributed by atoms with Gasteiger partial charge in [0.1, 0.15) is 18.0 Å². The van der Waals surface area contributed by atoms with Crippen LogP contribution in [0.15, 0.2) is 12.4 Å². The van der Waals surface area contributed by atoms with Gasteiger partial charge in [-0.15, -0.1) is 0 Å². The number of hydrogen-bond acceptors (Lipinski definition) is 5. The highest BCUT2D eigenvalue weighted by molar-refractivity contribution is 5.49. The Morgan fingerprint density at radius 3 is 2.68 bits per heavy atom. The minimum Gasteiger partial charge on any atom is -0.378 e. The molecule has 1 aliphatic heterocycles. The molecule has 2 aliphatic rings. The second-order valence-corrected chi connectivity index (χ2v) is 4.97. The van der Waals surface area contributed by atoms with Crippen LogP contribution in [-0.2, 0) is 4.74 Å². The molecule has 19 heavy (non-hydrogen) atoms. The highest BCUT2D eigenvalue weighted by Crippen LogP contribution is 2.38. The van der Waals surface area contributed by atoms with Crippen LogP contribution >= 0.6 is 0 Å².